The van der Waals surface area contributed by atoms with Gasteiger partial charge in [-0.3, -0.25) is 4.79 Å². The minimum atomic E-state index is 0.232. The van der Waals surface area contributed by atoms with Crippen molar-refractivity contribution in [2.75, 3.05) is 31.1 Å². The number of benzene rings is 2. The number of rotatable bonds is 3. The predicted octanol–water partition coefficient (Wildman–Crippen LogP) is 4.73. The Morgan fingerprint density at radius 1 is 0.966 bits per heavy atom. The van der Waals surface area contributed by atoms with Crippen LogP contribution in [0, 0.1) is 34.6 Å². The molecule has 3 aromatic rings. The van der Waals surface area contributed by atoms with E-state index in [2.05, 4.69) is 63.8 Å². The van der Waals surface area contributed by atoms with Crippen LogP contribution in [-0.2, 0) is 11.2 Å². The molecule has 1 amide bonds. The first kappa shape index (κ1) is 19.9. The Morgan fingerprint density at radius 2 is 1.62 bits per heavy atom. The summed E-state index contributed by atoms with van der Waals surface area (Å²) in [6.45, 7) is 13.8. The van der Waals surface area contributed by atoms with Crippen molar-refractivity contribution >= 4 is 32.6 Å². The summed E-state index contributed by atoms with van der Waals surface area (Å²) in [6.07, 6.45) is 0.498. The Labute approximate surface area is 177 Å². The average Bonchev–Trinajstić information content (AvgIpc) is 3.12. The average molecular weight is 408 g/mol. The van der Waals surface area contributed by atoms with E-state index >= 15 is 0 Å². The number of piperazine rings is 1. The van der Waals surface area contributed by atoms with Crippen LogP contribution in [0.1, 0.15) is 33.4 Å². The Morgan fingerprint density at radius 3 is 2.28 bits per heavy atom. The molecule has 2 heterocycles. The second kappa shape index (κ2) is 7.79. The lowest BCUT2D eigenvalue weighted by Crippen LogP contribution is -2.49. The molecule has 29 heavy (non-hydrogen) atoms. The number of thiazole rings is 1. The highest BCUT2D eigenvalue weighted by atomic mass is 32.1. The maximum absolute atomic E-state index is 12.9. The van der Waals surface area contributed by atoms with Crippen molar-refractivity contribution in [3.05, 3.63) is 57.6 Å². The molecule has 2 aromatic carbocycles. The van der Waals surface area contributed by atoms with Gasteiger partial charge >= 0.3 is 0 Å². The van der Waals surface area contributed by atoms with Crippen LogP contribution in [-0.4, -0.2) is 42.0 Å². The lowest BCUT2D eigenvalue weighted by atomic mass is 9.97. The molecule has 1 aromatic heterocycles. The molecule has 0 N–H and O–H groups in total. The van der Waals surface area contributed by atoms with Gasteiger partial charge in [0, 0.05) is 26.2 Å². The van der Waals surface area contributed by atoms with E-state index in [1.165, 1.54) is 38.1 Å². The number of amides is 1. The molecule has 0 radical (unpaired) electrons. The van der Waals surface area contributed by atoms with Crippen LogP contribution in [0.25, 0.3) is 10.2 Å². The van der Waals surface area contributed by atoms with Crippen molar-refractivity contribution in [3.63, 3.8) is 0 Å². The molecule has 1 fully saturated rings. The Hall–Kier alpha value is -2.40. The summed E-state index contributed by atoms with van der Waals surface area (Å²) in [5, 5.41) is 1.08. The van der Waals surface area contributed by atoms with Gasteiger partial charge in [-0.15, -0.1) is 0 Å². The summed E-state index contributed by atoms with van der Waals surface area (Å²) in [5.74, 6) is 0.232. The van der Waals surface area contributed by atoms with Crippen molar-refractivity contribution in [1.82, 2.24) is 9.88 Å². The fourth-order valence-corrected chi connectivity index (χ4v) is 5.33. The third-order valence-corrected chi connectivity index (χ3v) is 7.23. The van der Waals surface area contributed by atoms with Crippen molar-refractivity contribution in [2.45, 2.75) is 41.0 Å². The van der Waals surface area contributed by atoms with Crippen LogP contribution in [0.2, 0.25) is 0 Å². The molecule has 1 aliphatic heterocycles. The van der Waals surface area contributed by atoms with Crippen molar-refractivity contribution in [2.24, 2.45) is 0 Å². The molecular formula is C24H29N3OS. The van der Waals surface area contributed by atoms with Crippen molar-refractivity contribution < 1.29 is 4.79 Å². The van der Waals surface area contributed by atoms with Crippen molar-refractivity contribution in [1.29, 1.82) is 0 Å². The summed E-state index contributed by atoms with van der Waals surface area (Å²) < 4.78 is 1.24. The number of fused-ring (bicyclic) bond motifs is 1. The minimum Gasteiger partial charge on any atom is -0.345 e. The monoisotopic (exact) mass is 407 g/mol. The molecular weight excluding hydrogens is 378 g/mol. The second-order valence-corrected chi connectivity index (χ2v) is 9.28. The van der Waals surface area contributed by atoms with Gasteiger partial charge in [0.05, 0.1) is 16.6 Å². The van der Waals surface area contributed by atoms with Gasteiger partial charge in [-0.2, -0.15) is 0 Å². The maximum atomic E-state index is 12.9. The summed E-state index contributed by atoms with van der Waals surface area (Å²) in [7, 11) is 0. The van der Waals surface area contributed by atoms with E-state index in [1.807, 2.05) is 4.90 Å². The Balaban J connectivity index is 1.43. The van der Waals surface area contributed by atoms with E-state index in [0.29, 0.717) is 6.42 Å². The first-order chi connectivity index (χ1) is 13.8. The lowest BCUT2D eigenvalue weighted by Gasteiger charge is -2.34. The fourth-order valence-electron chi connectivity index (χ4n) is 4.25. The van der Waals surface area contributed by atoms with Crippen LogP contribution in [0.15, 0.2) is 24.3 Å². The molecule has 0 bridgehead atoms. The number of carbonyl (C=O) groups excluding carboxylic acids is 1. The highest BCUT2D eigenvalue weighted by Crippen LogP contribution is 2.32. The second-order valence-electron chi connectivity index (χ2n) is 8.27. The van der Waals surface area contributed by atoms with E-state index in [4.69, 9.17) is 4.98 Å². The zero-order valence-electron chi connectivity index (χ0n) is 18.0. The van der Waals surface area contributed by atoms with Crippen LogP contribution >= 0.6 is 11.3 Å². The molecule has 152 valence electrons. The van der Waals surface area contributed by atoms with Gasteiger partial charge in [-0.05, 0) is 68.5 Å². The molecule has 0 spiro atoms. The number of hydrogen-bond donors (Lipinski definition) is 0. The van der Waals surface area contributed by atoms with E-state index < -0.39 is 0 Å². The van der Waals surface area contributed by atoms with Gasteiger partial charge in [0.2, 0.25) is 5.91 Å². The van der Waals surface area contributed by atoms with Gasteiger partial charge < -0.3 is 9.80 Å². The highest BCUT2D eigenvalue weighted by molar-refractivity contribution is 7.22. The van der Waals surface area contributed by atoms with E-state index in [0.717, 1.165) is 36.8 Å². The van der Waals surface area contributed by atoms with Crippen LogP contribution < -0.4 is 4.90 Å². The molecule has 0 unspecified atom stereocenters. The molecule has 4 nitrogen and oxygen atoms in total. The van der Waals surface area contributed by atoms with Crippen molar-refractivity contribution in [3.8, 4) is 0 Å². The smallest absolute Gasteiger partial charge is 0.227 e. The number of hydrogen-bond acceptors (Lipinski definition) is 4. The molecule has 0 aliphatic carbocycles. The van der Waals surface area contributed by atoms with E-state index in [1.54, 1.807) is 11.3 Å². The molecule has 5 heteroatoms. The SMILES string of the molecule is Cc1cc(C)c(CC(=O)N2CCN(c3nc4c(C)c(C)ccc4s3)CC2)c(C)c1. The number of aromatic nitrogens is 1. The quantitative estimate of drug-likeness (QED) is 0.630. The Bertz CT molecular complexity index is 1050. The highest BCUT2D eigenvalue weighted by Gasteiger charge is 2.24. The number of aryl methyl sites for hydroxylation is 5. The lowest BCUT2D eigenvalue weighted by molar-refractivity contribution is -0.130. The van der Waals surface area contributed by atoms with Crippen LogP contribution in [0.3, 0.4) is 0 Å². The van der Waals surface area contributed by atoms with Gasteiger partial charge in [0.15, 0.2) is 5.13 Å². The summed E-state index contributed by atoms with van der Waals surface area (Å²) in [6, 6.07) is 8.69. The molecule has 1 aliphatic rings. The number of nitrogens with zero attached hydrogens (tertiary/aromatic N) is 3. The van der Waals surface area contributed by atoms with Gasteiger partial charge in [0.25, 0.3) is 0 Å². The summed E-state index contributed by atoms with van der Waals surface area (Å²) in [5.41, 5.74) is 8.54. The maximum Gasteiger partial charge on any atom is 0.227 e. The van der Waals surface area contributed by atoms with E-state index in [-0.39, 0.29) is 5.91 Å². The fraction of sp³-hybridized carbons (Fsp3) is 0.417. The molecule has 0 atom stereocenters. The van der Waals surface area contributed by atoms with Gasteiger partial charge in [-0.25, -0.2) is 4.98 Å². The van der Waals surface area contributed by atoms with Gasteiger partial charge in [0.1, 0.15) is 0 Å². The summed E-state index contributed by atoms with van der Waals surface area (Å²) in [4.78, 5) is 22.2. The zero-order chi connectivity index (χ0) is 20.7. The van der Waals surface area contributed by atoms with Gasteiger partial charge in [-0.1, -0.05) is 35.1 Å². The largest absolute Gasteiger partial charge is 0.345 e. The van der Waals surface area contributed by atoms with E-state index in [9.17, 15) is 4.79 Å². The van der Waals surface area contributed by atoms with Crippen LogP contribution in [0.4, 0.5) is 5.13 Å². The molecule has 4 rings (SSSR count). The predicted molar refractivity (Wildman–Crippen MR) is 122 cm³/mol. The number of carbonyl (C=O) groups is 1. The summed E-state index contributed by atoms with van der Waals surface area (Å²) >= 11 is 1.76. The first-order valence-electron chi connectivity index (χ1n) is 10.3. The van der Waals surface area contributed by atoms with Crippen LogP contribution in [0.5, 0.6) is 0 Å². The third kappa shape index (κ3) is 3.88. The molecule has 0 saturated carbocycles. The Kier molecular flexibility index (Phi) is 5.34. The topological polar surface area (TPSA) is 36.4 Å². The molecule has 1 saturated heterocycles. The standard InChI is InChI=1S/C24H29N3OS/c1-15-12-17(3)20(18(4)13-15)14-22(28)26-8-10-27(11-9-26)24-25-23-19(5)16(2)6-7-21(23)29-24/h6-7,12-13H,8-11,14H2,1-5H3. The minimum absolute atomic E-state index is 0.232. The number of anilines is 1. The normalized spacial score (nSPS) is 14.7. The zero-order valence-corrected chi connectivity index (χ0v) is 18.8. The third-order valence-electron chi connectivity index (χ3n) is 6.14. The first-order valence-corrected chi connectivity index (χ1v) is 11.1.